The van der Waals surface area contributed by atoms with Crippen LogP contribution in [0.4, 0.5) is 0 Å². The van der Waals surface area contributed by atoms with E-state index in [0.717, 1.165) is 12.5 Å². The van der Waals surface area contributed by atoms with Crippen molar-refractivity contribution in [1.82, 2.24) is 10.2 Å². The van der Waals surface area contributed by atoms with Gasteiger partial charge in [-0.05, 0) is 50.2 Å². The molecule has 0 aromatic heterocycles. The highest BCUT2D eigenvalue weighted by Gasteiger charge is 2.32. The Bertz CT molecular complexity index is 373. The largest absolute Gasteiger partial charge is 0.356 e. The van der Waals surface area contributed by atoms with Gasteiger partial charge in [-0.3, -0.25) is 4.79 Å². The van der Waals surface area contributed by atoms with E-state index in [-0.39, 0.29) is 11.3 Å². The van der Waals surface area contributed by atoms with E-state index >= 15 is 0 Å². The van der Waals surface area contributed by atoms with Crippen molar-refractivity contribution in [2.45, 2.75) is 111 Å². The van der Waals surface area contributed by atoms with E-state index in [1.807, 2.05) is 6.92 Å². The third kappa shape index (κ3) is 11.1. The van der Waals surface area contributed by atoms with Crippen LogP contribution in [0.15, 0.2) is 0 Å². The molecule has 0 spiro atoms. The van der Waals surface area contributed by atoms with Gasteiger partial charge >= 0.3 is 0 Å². The summed E-state index contributed by atoms with van der Waals surface area (Å²) in [6.45, 7) is 13.5. The fraction of sp³-hybridized carbons (Fsp3) is 0.958. The molecule has 0 atom stereocenters. The number of carbonyl (C=O) groups excluding carboxylic acids is 1. The standard InChI is InChI=1S/C24H48N2O/c1-5-7-8-9-10-11-12-13-14-15-18-26-19-16-22(17-20-26)24(3,4)21-25-23(27)6-2/h22H,5-21H2,1-4H3,(H,25,27). The third-order valence-electron chi connectivity index (χ3n) is 6.58. The Balaban J connectivity index is 2.03. The van der Waals surface area contributed by atoms with Crippen LogP contribution in [0.5, 0.6) is 0 Å². The Kier molecular flexibility index (Phi) is 13.1. The Labute approximate surface area is 170 Å². The Hall–Kier alpha value is -0.570. The number of nitrogens with one attached hydrogen (secondary N) is 1. The molecule has 0 aromatic carbocycles. The van der Waals surface area contributed by atoms with E-state index in [1.54, 1.807) is 0 Å². The molecule has 1 saturated heterocycles. The van der Waals surface area contributed by atoms with Crippen LogP contribution in [0, 0.1) is 11.3 Å². The molecule has 0 aromatic rings. The molecule has 3 nitrogen and oxygen atoms in total. The molecule has 160 valence electrons. The van der Waals surface area contributed by atoms with Gasteiger partial charge in [0.2, 0.25) is 5.91 Å². The molecule has 1 aliphatic rings. The van der Waals surface area contributed by atoms with Crippen molar-refractivity contribution in [3.8, 4) is 0 Å². The second-order valence-corrected chi connectivity index (χ2v) is 9.42. The Morgan fingerprint density at radius 3 is 1.93 bits per heavy atom. The maximum atomic E-state index is 11.5. The lowest BCUT2D eigenvalue weighted by Gasteiger charge is -2.41. The predicted octanol–water partition coefficient (Wildman–Crippen LogP) is 6.17. The average molecular weight is 381 g/mol. The zero-order valence-corrected chi connectivity index (χ0v) is 19.0. The number of unbranched alkanes of at least 4 members (excludes halogenated alkanes) is 9. The lowest BCUT2D eigenvalue weighted by Crippen LogP contribution is -2.44. The minimum absolute atomic E-state index is 0.182. The SMILES string of the molecule is CCCCCCCCCCCCN1CCC(C(C)(C)CNC(=O)CC)CC1. The number of rotatable bonds is 15. The normalized spacial score (nSPS) is 16.6. The Morgan fingerprint density at radius 1 is 0.889 bits per heavy atom. The molecule has 3 heteroatoms. The molecule has 0 unspecified atom stereocenters. The van der Waals surface area contributed by atoms with Gasteiger partial charge in [-0.15, -0.1) is 0 Å². The molecule has 0 saturated carbocycles. The number of piperidine rings is 1. The van der Waals surface area contributed by atoms with E-state index < -0.39 is 0 Å². The number of hydrogen-bond donors (Lipinski definition) is 1. The van der Waals surface area contributed by atoms with Gasteiger partial charge in [-0.1, -0.05) is 85.5 Å². The fourth-order valence-electron chi connectivity index (χ4n) is 4.36. The average Bonchev–Trinajstić information content (AvgIpc) is 2.68. The monoisotopic (exact) mass is 380 g/mol. The quantitative estimate of drug-likeness (QED) is 0.344. The molecule has 27 heavy (non-hydrogen) atoms. The molecule has 0 aliphatic carbocycles. The summed E-state index contributed by atoms with van der Waals surface area (Å²) in [5, 5.41) is 3.10. The second-order valence-electron chi connectivity index (χ2n) is 9.42. The molecular weight excluding hydrogens is 332 g/mol. The lowest BCUT2D eigenvalue weighted by molar-refractivity contribution is -0.121. The van der Waals surface area contributed by atoms with Gasteiger partial charge in [-0.25, -0.2) is 0 Å². The van der Waals surface area contributed by atoms with E-state index in [4.69, 9.17) is 0 Å². The van der Waals surface area contributed by atoms with Gasteiger partial charge in [0.15, 0.2) is 0 Å². The molecule has 1 rings (SSSR count). The summed E-state index contributed by atoms with van der Waals surface area (Å²) in [6, 6.07) is 0. The highest BCUT2D eigenvalue weighted by Crippen LogP contribution is 2.34. The van der Waals surface area contributed by atoms with E-state index in [1.165, 1.54) is 96.7 Å². The smallest absolute Gasteiger partial charge is 0.219 e. The van der Waals surface area contributed by atoms with Gasteiger partial charge in [0.25, 0.3) is 0 Å². The van der Waals surface area contributed by atoms with Crippen LogP contribution in [0.3, 0.4) is 0 Å². The van der Waals surface area contributed by atoms with Crippen molar-refractivity contribution >= 4 is 5.91 Å². The topological polar surface area (TPSA) is 32.3 Å². The first-order chi connectivity index (χ1) is 13.0. The first-order valence-electron chi connectivity index (χ1n) is 12.0. The third-order valence-corrected chi connectivity index (χ3v) is 6.58. The summed E-state index contributed by atoms with van der Waals surface area (Å²) in [4.78, 5) is 14.2. The van der Waals surface area contributed by atoms with E-state index in [9.17, 15) is 4.79 Å². The zero-order valence-electron chi connectivity index (χ0n) is 19.0. The first kappa shape index (κ1) is 24.5. The molecule has 0 bridgehead atoms. The van der Waals surface area contributed by atoms with Crippen molar-refractivity contribution < 1.29 is 4.79 Å². The van der Waals surface area contributed by atoms with Crippen LogP contribution in [0.1, 0.15) is 111 Å². The van der Waals surface area contributed by atoms with E-state index in [0.29, 0.717) is 6.42 Å². The Morgan fingerprint density at radius 2 is 1.41 bits per heavy atom. The summed E-state index contributed by atoms with van der Waals surface area (Å²) >= 11 is 0. The van der Waals surface area contributed by atoms with Crippen molar-refractivity contribution in [2.24, 2.45) is 11.3 Å². The number of carbonyl (C=O) groups is 1. The molecule has 1 amide bonds. The van der Waals surface area contributed by atoms with E-state index in [2.05, 4.69) is 31.0 Å². The number of amides is 1. The minimum Gasteiger partial charge on any atom is -0.356 e. The van der Waals surface area contributed by atoms with Gasteiger partial charge in [0, 0.05) is 13.0 Å². The molecular formula is C24H48N2O. The van der Waals surface area contributed by atoms with Crippen LogP contribution in [-0.4, -0.2) is 37.0 Å². The van der Waals surface area contributed by atoms with Crippen molar-refractivity contribution in [2.75, 3.05) is 26.2 Å². The van der Waals surface area contributed by atoms with Crippen LogP contribution in [0.2, 0.25) is 0 Å². The number of nitrogens with zero attached hydrogens (tertiary/aromatic N) is 1. The fourth-order valence-corrected chi connectivity index (χ4v) is 4.36. The van der Waals surface area contributed by atoms with Gasteiger partial charge in [-0.2, -0.15) is 0 Å². The highest BCUT2D eigenvalue weighted by atomic mass is 16.1. The summed E-state index contributed by atoms with van der Waals surface area (Å²) in [6.07, 6.45) is 17.3. The first-order valence-corrected chi connectivity index (χ1v) is 12.0. The van der Waals surface area contributed by atoms with Crippen LogP contribution in [-0.2, 0) is 4.79 Å². The summed E-state index contributed by atoms with van der Waals surface area (Å²) in [7, 11) is 0. The van der Waals surface area contributed by atoms with Gasteiger partial charge < -0.3 is 10.2 Å². The molecule has 0 radical (unpaired) electrons. The highest BCUT2D eigenvalue weighted by molar-refractivity contribution is 5.75. The summed E-state index contributed by atoms with van der Waals surface area (Å²) in [5.74, 6) is 0.917. The van der Waals surface area contributed by atoms with Crippen LogP contribution in [0.25, 0.3) is 0 Å². The maximum absolute atomic E-state index is 11.5. The van der Waals surface area contributed by atoms with Crippen molar-refractivity contribution in [3.05, 3.63) is 0 Å². The molecule has 1 aliphatic heterocycles. The molecule has 1 N–H and O–H groups in total. The van der Waals surface area contributed by atoms with Crippen LogP contribution >= 0.6 is 0 Å². The van der Waals surface area contributed by atoms with Crippen LogP contribution < -0.4 is 5.32 Å². The number of hydrogen-bond acceptors (Lipinski definition) is 2. The second kappa shape index (κ2) is 14.4. The molecule has 1 fully saturated rings. The van der Waals surface area contributed by atoms with Crippen molar-refractivity contribution in [3.63, 3.8) is 0 Å². The van der Waals surface area contributed by atoms with Crippen molar-refractivity contribution in [1.29, 1.82) is 0 Å². The maximum Gasteiger partial charge on any atom is 0.219 e. The number of likely N-dealkylation sites (tertiary alicyclic amines) is 1. The summed E-state index contributed by atoms with van der Waals surface area (Å²) < 4.78 is 0. The predicted molar refractivity (Wildman–Crippen MR) is 118 cm³/mol. The summed E-state index contributed by atoms with van der Waals surface area (Å²) in [5.41, 5.74) is 0.216. The minimum atomic E-state index is 0.182. The van der Waals surface area contributed by atoms with Gasteiger partial charge in [0.1, 0.15) is 0 Å². The molecule has 1 heterocycles. The zero-order chi connectivity index (χ0) is 20.0. The lowest BCUT2D eigenvalue weighted by atomic mass is 9.73. The van der Waals surface area contributed by atoms with Gasteiger partial charge in [0.05, 0.1) is 0 Å².